The molecule has 0 aliphatic rings. The first-order valence-corrected chi connectivity index (χ1v) is 7.02. The van der Waals surface area contributed by atoms with Gasteiger partial charge < -0.3 is 4.74 Å². The zero-order valence-corrected chi connectivity index (χ0v) is 12.1. The van der Waals surface area contributed by atoms with Gasteiger partial charge in [0.25, 0.3) is 5.91 Å². The smallest absolute Gasteiger partial charge is 0.276 e. The number of carbonyl (C=O) groups excluding carboxylic acids is 1. The van der Waals surface area contributed by atoms with E-state index in [1.54, 1.807) is 13.3 Å². The zero-order valence-electron chi connectivity index (χ0n) is 11.2. The second-order valence-corrected chi connectivity index (χ2v) is 5.04. The Kier molecular flexibility index (Phi) is 3.85. The minimum absolute atomic E-state index is 0.299. The van der Waals surface area contributed by atoms with Crippen molar-refractivity contribution in [3.63, 3.8) is 0 Å². The molecule has 0 saturated heterocycles. The predicted molar refractivity (Wildman–Crippen MR) is 80.3 cm³/mol. The number of nitrogens with zero attached hydrogens (tertiary/aromatic N) is 3. The van der Waals surface area contributed by atoms with Crippen molar-refractivity contribution in [3.8, 4) is 0 Å². The van der Waals surface area contributed by atoms with Crippen LogP contribution >= 0.6 is 11.5 Å². The lowest BCUT2D eigenvalue weighted by molar-refractivity contribution is 0.102. The van der Waals surface area contributed by atoms with Crippen LogP contribution < -0.4 is 5.32 Å². The molecule has 3 rings (SSSR count). The molecule has 106 valence electrons. The van der Waals surface area contributed by atoms with E-state index in [0.29, 0.717) is 23.3 Å². The minimum Gasteiger partial charge on any atom is -0.377 e. The number of anilines is 1. The highest BCUT2D eigenvalue weighted by atomic mass is 32.1. The number of methoxy groups -OCH3 is 1. The summed E-state index contributed by atoms with van der Waals surface area (Å²) in [6, 6.07) is 9.48. The lowest BCUT2D eigenvalue weighted by Gasteiger charge is -2.04. The maximum absolute atomic E-state index is 12.3. The summed E-state index contributed by atoms with van der Waals surface area (Å²) in [4.78, 5) is 20.7. The van der Waals surface area contributed by atoms with Crippen LogP contribution in [0.3, 0.4) is 0 Å². The minimum atomic E-state index is -0.299. The van der Waals surface area contributed by atoms with Crippen molar-refractivity contribution >= 4 is 33.3 Å². The summed E-state index contributed by atoms with van der Waals surface area (Å²) in [6.45, 7) is 0.318. The molecule has 1 N–H and O–H groups in total. The lowest BCUT2D eigenvalue weighted by Crippen LogP contribution is -2.14. The van der Waals surface area contributed by atoms with Crippen molar-refractivity contribution in [1.29, 1.82) is 0 Å². The van der Waals surface area contributed by atoms with E-state index in [-0.39, 0.29) is 5.91 Å². The number of hydrogen-bond acceptors (Lipinski definition) is 6. The number of carbonyl (C=O) groups is 1. The molecule has 0 saturated carbocycles. The van der Waals surface area contributed by atoms with E-state index in [4.69, 9.17) is 4.74 Å². The summed E-state index contributed by atoms with van der Waals surface area (Å²) in [7, 11) is 1.57. The molecule has 0 aliphatic carbocycles. The van der Waals surface area contributed by atoms with Gasteiger partial charge in [0.05, 0.1) is 0 Å². The monoisotopic (exact) mass is 300 g/mol. The average molecular weight is 300 g/mol. The summed E-state index contributed by atoms with van der Waals surface area (Å²) < 4.78 is 9.03. The van der Waals surface area contributed by atoms with E-state index in [9.17, 15) is 4.79 Å². The van der Waals surface area contributed by atoms with Crippen molar-refractivity contribution in [3.05, 3.63) is 48.0 Å². The molecule has 0 unspecified atom stereocenters. The van der Waals surface area contributed by atoms with Gasteiger partial charge in [-0.15, -0.1) is 0 Å². The molecular weight excluding hydrogens is 288 g/mol. The Hall–Kier alpha value is -2.38. The topological polar surface area (TPSA) is 77.0 Å². The molecule has 2 aromatic heterocycles. The number of aromatic nitrogens is 3. The summed E-state index contributed by atoms with van der Waals surface area (Å²) in [5.74, 6) is 0.246. The number of benzene rings is 1. The molecule has 1 aromatic carbocycles. The first-order chi connectivity index (χ1) is 10.3. The van der Waals surface area contributed by atoms with Crippen LogP contribution in [0, 0.1) is 0 Å². The van der Waals surface area contributed by atoms with Gasteiger partial charge >= 0.3 is 0 Å². The normalized spacial score (nSPS) is 10.7. The molecule has 0 atom stereocenters. The molecule has 21 heavy (non-hydrogen) atoms. The van der Waals surface area contributed by atoms with E-state index >= 15 is 0 Å². The molecule has 0 spiro atoms. The van der Waals surface area contributed by atoms with Crippen molar-refractivity contribution in [2.75, 3.05) is 12.4 Å². The number of hydrogen-bond donors (Lipinski definition) is 1. The highest BCUT2D eigenvalue weighted by Crippen LogP contribution is 2.18. The third kappa shape index (κ3) is 2.88. The highest BCUT2D eigenvalue weighted by molar-refractivity contribution is 7.09. The Labute approximate surface area is 125 Å². The maximum Gasteiger partial charge on any atom is 0.276 e. The number of nitrogens with one attached hydrogen (secondary N) is 1. The number of rotatable bonds is 4. The van der Waals surface area contributed by atoms with Gasteiger partial charge in [-0.2, -0.15) is 4.37 Å². The van der Waals surface area contributed by atoms with E-state index < -0.39 is 0 Å². The van der Waals surface area contributed by atoms with Gasteiger partial charge in [-0.25, -0.2) is 4.98 Å². The summed E-state index contributed by atoms with van der Waals surface area (Å²) in [6.07, 6.45) is 1.62. The largest absolute Gasteiger partial charge is 0.377 e. The van der Waals surface area contributed by atoms with E-state index in [1.165, 1.54) is 0 Å². The van der Waals surface area contributed by atoms with Crippen LogP contribution in [0.1, 0.15) is 16.3 Å². The van der Waals surface area contributed by atoms with Gasteiger partial charge in [0.2, 0.25) is 5.13 Å². The first-order valence-electron chi connectivity index (χ1n) is 6.24. The third-order valence-corrected chi connectivity index (χ3v) is 3.52. The van der Waals surface area contributed by atoms with Crippen LogP contribution in [0.25, 0.3) is 10.8 Å². The van der Waals surface area contributed by atoms with Gasteiger partial charge in [0.15, 0.2) is 5.82 Å². The molecule has 3 aromatic rings. The van der Waals surface area contributed by atoms with E-state index in [2.05, 4.69) is 19.7 Å². The fourth-order valence-electron chi connectivity index (χ4n) is 1.95. The first kappa shape index (κ1) is 13.6. The summed E-state index contributed by atoms with van der Waals surface area (Å²) >= 11 is 1.12. The number of amides is 1. The van der Waals surface area contributed by atoms with Crippen LogP contribution in [-0.4, -0.2) is 27.4 Å². The van der Waals surface area contributed by atoms with Crippen molar-refractivity contribution in [1.82, 2.24) is 14.3 Å². The molecule has 0 fully saturated rings. The van der Waals surface area contributed by atoms with Gasteiger partial charge in [-0.3, -0.25) is 15.1 Å². The highest BCUT2D eigenvalue weighted by Gasteiger charge is 2.14. The summed E-state index contributed by atoms with van der Waals surface area (Å²) in [5, 5.41) is 4.92. The van der Waals surface area contributed by atoms with Gasteiger partial charge in [-0.05, 0) is 11.5 Å². The number of ether oxygens (including phenoxy) is 1. The molecule has 1 amide bonds. The van der Waals surface area contributed by atoms with Crippen LogP contribution in [0.4, 0.5) is 5.13 Å². The Bertz CT molecular complexity index is 782. The van der Waals surface area contributed by atoms with Crippen LogP contribution in [0.5, 0.6) is 0 Å². The Morgan fingerprint density at radius 1 is 1.33 bits per heavy atom. The molecule has 0 radical (unpaired) electrons. The number of pyridine rings is 1. The lowest BCUT2D eigenvalue weighted by atomic mass is 10.1. The van der Waals surface area contributed by atoms with Crippen molar-refractivity contribution in [2.24, 2.45) is 0 Å². The van der Waals surface area contributed by atoms with Crippen molar-refractivity contribution < 1.29 is 9.53 Å². The quantitative estimate of drug-likeness (QED) is 0.801. The molecule has 6 nitrogen and oxygen atoms in total. The predicted octanol–water partition coefficient (Wildman–Crippen LogP) is 2.49. The maximum atomic E-state index is 12.3. The Morgan fingerprint density at radius 3 is 3.05 bits per heavy atom. The second kappa shape index (κ2) is 5.94. The molecule has 0 bridgehead atoms. The van der Waals surface area contributed by atoms with Crippen LogP contribution in [0.15, 0.2) is 36.5 Å². The zero-order chi connectivity index (χ0) is 14.7. The standard InChI is InChI=1S/C14H12N4O2S/c1-20-8-11-16-14(21-18-11)17-13(19)12-10-5-3-2-4-9(10)6-7-15-12/h2-7H,8H2,1H3,(H,16,17,18,19). The molecule has 2 heterocycles. The fourth-order valence-corrected chi connectivity index (χ4v) is 2.52. The molecule has 7 heteroatoms. The second-order valence-electron chi connectivity index (χ2n) is 4.28. The number of fused-ring (bicyclic) bond motifs is 1. The SMILES string of the molecule is COCc1nsc(NC(=O)c2nccc3ccccc23)n1. The molecular formula is C14H12N4O2S. The van der Waals surface area contributed by atoms with Crippen LogP contribution in [-0.2, 0) is 11.3 Å². The van der Waals surface area contributed by atoms with Crippen LogP contribution in [0.2, 0.25) is 0 Å². The summed E-state index contributed by atoms with van der Waals surface area (Å²) in [5.41, 5.74) is 0.372. The molecule has 0 aliphatic heterocycles. The van der Waals surface area contributed by atoms with Crippen molar-refractivity contribution in [2.45, 2.75) is 6.61 Å². The van der Waals surface area contributed by atoms with Gasteiger partial charge in [0, 0.05) is 30.2 Å². The van der Waals surface area contributed by atoms with E-state index in [1.807, 2.05) is 30.3 Å². The Morgan fingerprint density at radius 2 is 2.19 bits per heavy atom. The fraction of sp³-hybridized carbons (Fsp3) is 0.143. The third-order valence-electron chi connectivity index (χ3n) is 2.85. The van der Waals surface area contributed by atoms with E-state index in [0.717, 1.165) is 22.3 Å². The average Bonchev–Trinajstić information content (AvgIpc) is 2.94. The van der Waals surface area contributed by atoms with Gasteiger partial charge in [0.1, 0.15) is 12.3 Å². The Balaban J connectivity index is 1.86. The van der Waals surface area contributed by atoms with Gasteiger partial charge in [-0.1, -0.05) is 24.3 Å².